The molecule has 0 N–H and O–H groups in total. The Labute approximate surface area is 208 Å². The van der Waals surface area contributed by atoms with Crippen LogP contribution in [-0.2, 0) is 23.1 Å². The van der Waals surface area contributed by atoms with Gasteiger partial charge in [0.2, 0.25) is 5.28 Å². The second-order valence-electron chi connectivity index (χ2n) is 10.2. The summed E-state index contributed by atoms with van der Waals surface area (Å²) in [5.41, 5.74) is 0.650. The highest BCUT2D eigenvalue weighted by molar-refractivity contribution is 7.57. The lowest BCUT2D eigenvalue weighted by molar-refractivity contribution is -0.159. The van der Waals surface area contributed by atoms with Crippen LogP contribution < -0.4 is 0 Å². The summed E-state index contributed by atoms with van der Waals surface area (Å²) in [6.07, 6.45) is 3.48. The SMILES string of the molecule is CC(C)OP(=O)(/C=C/[C@]12C[C@@H]1[C@@H](n1cnc3c(Cl)nc(Cl)nc31)[C@@H]1OC(C)(C)O[C@@H]12)OC(C)C. The summed E-state index contributed by atoms with van der Waals surface area (Å²) < 4.78 is 39.6. The Hall–Kier alpha value is -1.06. The van der Waals surface area contributed by atoms with Crippen molar-refractivity contribution in [3.05, 3.63) is 28.7 Å². The number of imidazole rings is 1. The van der Waals surface area contributed by atoms with E-state index in [2.05, 4.69) is 15.0 Å². The maximum Gasteiger partial charge on any atom is 0.354 e. The second kappa shape index (κ2) is 8.23. The molecular weight excluding hydrogens is 502 g/mol. The van der Waals surface area contributed by atoms with Gasteiger partial charge in [0, 0.05) is 11.2 Å². The zero-order valence-electron chi connectivity index (χ0n) is 19.9. The van der Waals surface area contributed by atoms with Crippen molar-refractivity contribution in [2.24, 2.45) is 11.3 Å². The van der Waals surface area contributed by atoms with Crippen LogP contribution >= 0.6 is 30.8 Å². The molecule has 12 heteroatoms. The largest absolute Gasteiger partial charge is 0.354 e. The van der Waals surface area contributed by atoms with Crippen LogP contribution in [0.4, 0.5) is 0 Å². The molecule has 186 valence electrons. The Morgan fingerprint density at radius 1 is 1.18 bits per heavy atom. The van der Waals surface area contributed by atoms with Gasteiger partial charge in [-0.1, -0.05) is 17.7 Å². The van der Waals surface area contributed by atoms with Gasteiger partial charge >= 0.3 is 7.60 Å². The first kappa shape index (κ1) is 24.6. The lowest BCUT2D eigenvalue weighted by Crippen LogP contribution is -2.31. The van der Waals surface area contributed by atoms with Gasteiger partial charge in [-0.15, -0.1) is 0 Å². The van der Waals surface area contributed by atoms with Crippen molar-refractivity contribution >= 4 is 42.0 Å². The minimum absolute atomic E-state index is 0.0530. The van der Waals surface area contributed by atoms with Crippen molar-refractivity contribution in [1.29, 1.82) is 0 Å². The maximum absolute atomic E-state index is 13.5. The number of aromatic nitrogens is 4. The normalized spacial score (nSPS) is 32.3. The van der Waals surface area contributed by atoms with E-state index in [0.717, 1.165) is 6.42 Å². The highest BCUT2D eigenvalue weighted by Crippen LogP contribution is 2.73. The number of nitrogens with zero attached hydrogens (tertiary/aromatic N) is 4. The van der Waals surface area contributed by atoms with E-state index in [-0.39, 0.29) is 52.2 Å². The van der Waals surface area contributed by atoms with Crippen LogP contribution in [0.1, 0.15) is 54.0 Å². The van der Waals surface area contributed by atoms with E-state index in [0.29, 0.717) is 11.2 Å². The standard InChI is InChI=1S/C22H29Cl2N4O5P/c1-11(2)32-34(29,33-12(3)4)8-7-22-9-13(22)15(16-17(22)31-21(5,6)30-16)28-10-25-14-18(23)26-20(24)27-19(14)28/h7-8,10-13,15-17H,9H2,1-6H3/b8-7+/t13-,15-,16+,17+,22+/m1/s1. The van der Waals surface area contributed by atoms with Gasteiger partial charge in [-0.3, -0.25) is 4.57 Å². The first-order valence-corrected chi connectivity index (χ1v) is 13.8. The summed E-state index contributed by atoms with van der Waals surface area (Å²) in [6, 6.07) is -0.125. The highest BCUT2D eigenvalue weighted by atomic mass is 35.5. The molecule has 0 aromatic carbocycles. The van der Waals surface area contributed by atoms with E-state index in [4.69, 9.17) is 41.7 Å². The van der Waals surface area contributed by atoms with E-state index in [1.165, 1.54) is 0 Å². The number of ether oxygens (including phenoxy) is 2. The number of hydrogen-bond acceptors (Lipinski definition) is 8. The minimum atomic E-state index is -3.45. The van der Waals surface area contributed by atoms with Crippen LogP contribution in [-0.4, -0.2) is 49.7 Å². The van der Waals surface area contributed by atoms with E-state index >= 15 is 0 Å². The first-order valence-electron chi connectivity index (χ1n) is 11.4. The van der Waals surface area contributed by atoms with Crippen molar-refractivity contribution in [2.75, 3.05) is 0 Å². The van der Waals surface area contributed by atoms with Gasteiger partial charge < -0.3 is 23.1 Å². The molecule has 3 aliphatic rings. The number of hydrogen-bond donors (Lipinski definition) is 0. The number of rotatable bonds is 7. The molecule has 34 heavy (non-hydrogen) atoms. The monoisotopic (exact) mass is 530 g/mol. The predicted molar refractivity (Wildman–Crippen MR) is 128 cm³/mol. The van der Waals surface area contributed by atoms with Crippen molar-refractivity contribution in [3.63, 3.8) is 0 Å². The fraction of sp³-hybridized carbons (Fsp3) is 0.682. The Kier molecular flexibility index (Phi) is 5.96. The molecule has 0 bridgehead atoms. The zero-order chi connectivity index (χ0) is 24.6. The third-order valence-electron chi connectivity index (χ3n) is 6.47. The fourth-order valence-corrected chi connectivity index (χ4v) is 7.65. The van der Waals surface area contributed by atoms with Crippen molar-refractivity contribution in [3.8, 4) is 0 Å². The van der Waals surface area contributed by atoms with Gasteiger partial charge in [0.05, 0.1) is 30.7 Å². The molecule has 5 rings (SSSR count). The van der Waals surface area contributed by atoms with Gasteiger partial charge in [0.1, 0.15) is 11.6 Å². The smallest absolute Gasteiger partial charge is 0.344 e. The van der Waals surface area contributed by atoms with E-state index in [1.807, 2.05) is 52.2 Å². The van der Waals surface area contributed by atoms with Gasteiger partial charge in [0.15, 0.2) is 16.6 Å². The average Bonchev–Trinajstić information content (AvgIpc) is 2.95. The molecule has 0 amide bonds. The van der Waals surface area contributed by atoms with Crippen LogP contribution in [0.15, 0.2) is 18.2 Å². The van der Waals surface area contributed by atoms with Crippen LogP contribution in [0.5, 0.6) is 0 Å². The fourth-order valence-electron chi connectivity index (χ4n) is 5.40. The Balaban J connectivity index is 1.54. The van der Waals surface area contributed by atoms with Crippen LogP contribution in [0.2, 0.25) is 10.4 Å². The van der Waals surface area contributed by atoms with E-state index < -0.39 is 13.4 Å². The van der Waals surface area contributed by atoms with E-state index in [1.54, 1.807) is 12.1 Å². The van der Waals surface area contributed by atoms with Crippen molar-refractivity contribution in [1.82, 2.24) is 19.5 Å². The lowest BCUT2D eigenvalue weighted by Gasteiger charge is -2.24. The minimum Gasteiger partial charge on any atom is -0.344 e. The molecule has 3 heterocycles. The first-order chi connectivity index (χ1) is 15.8. The van der Waals surface area contributed by atoms with Gasteiger partial charge in [-0.25, -0.2) is 9.97 Å². The van der Waals surface area contributed by atoms with Crippen LogP contribution in [0.25, 0.3) is 11.2 Å². The molecule has 0 spiro atoms. The molecule has 0 radical (unpaired) electrons. The molecule has 2 aliphatic carbocycles. The molecular formula is C22H29Cl2N4O5P. The summed E-state index contributed by atoms with van der Waals surface area (Å²) in [5.74, 6) is 0.976. The Morgan fingerprint density at radius 2 is 1.85 bits per heavy atom. The summed E-state index contributed by atoms with van der Waals surface area (Å²) in [7, 11) is -3.45. The molecule has 2 saturated carbocycles. The highest BCUT2D eigenvalue weighted by Gasteiger charge is 2.75. The van der Waals surface area contributed by atoms with Crippen molar-refractivity contribution < 1.29 is 23.1 Å². The molecule has 3 fully saturated rings. The molecule has 2 aromatic heterocycles. The number of fused-ring (bicyclic) bond motifs is 4. The van der Waals surface area contributed by atoms with Gasteiger partial charge in [0.25, 0.3) is 0 Å². The lowest BCUT2D eigenvalue weighted by atomic mass is 9.99. The summed E-state index contributed by atoms with van der Waals surface area (Å²) in [5, 5.41) is 0.254. The van der Waals surface area contributed by atoms with Gasteiger partial charge in [-0.2, -0.15) is 4.98 Å². The molecule has 1 saturated heterocycles. The third-order valence-corrected chi connectivity index (χ3v) is 8.84. The van der Waals surface area contributed by atoms with E-state index in [9.17, 15) is 4.57 Å². The zero-order valence-corrected chi connectivity index (χ0v) is 22.3. The molecule has 9 nitrogen and oxygen atoms in total. The van der Waals surface area contributed by atoms with Crippen LogP contribution in [0, 0.1) is 11.3 Å². The quantitative estimate of drug-likeness (QED) is 0.252. The molecule has 0 unspecified atom stereocenters. The average molecular weight is 531 g/mol. The molecule has 1 aliphatic heterocycles. The second-order valence-corrected chi connectivity index (χ2v) is 12.7. The van der Waals surface area contributed by atoms with Gasteiger partial charge in [-0.05, 0) is 65.5 Å². The molecule has 2 aromatic rings. The molecule has 5 atom stereocenters. The van der Waals surface area contributed by atoms with Crippen molar-refractivity contribution in [2.45, 2.75) is 84.2 Å². The Morgan fingerprint density at radius 3 is 2.50 bits per heavy atom. The summed E-state index contributed by atoms with van der Waals surface area (Å²) in [6.45, 7) is 11.1. The Bertz CT molecular complexity index is 1190. The third kappa shape index (κ3) is 4.13. The van der Waals surface area contributed by atoms with Crippen LogP contribution in [0.3, 0.4) is 0 Å². The maximum atomic E-state index is 13.5. The summed E-state index contributed by atoms with van der Waals surface area (Å²) >= 11 is 12.4. The predicted octanol–water partition coefficient (Wildman–Crippen LogP) is 5.77. The topological polar surface area (TPSA) is 97.6 Å². The summed E-state index contributed by atoms with van der Waals surface area (Å²) in [4.78, 5) is 12.8. The number of halogens is 2.